The molecule has 2 N–H and O–H groups in total. The van der Waals surface area contributed by atoms with Gasteiger partial charge in [-0.1, -0.05) is 23.7 Å². The second kappa shape index (κ2) is 9.89. The first-order chi connectivity index (χ1) is 14.5. The van der Waals surface area contributed by atoms with E-state index in [1.165, 1.54) is 0 Å². The van der Waals surface area contributed by atoms with Gasteiger partial charge in [0.1, 0.15) is 0 Å². The Hall–Kier alpha value is -3.38. The molecule has 3 rings (SSSR count). The molecule has 0 saturated heterocycles. The Bertz CT molecular complexity index is 1040. The zero-order chi connectivity index (χ0) is 21.5. The molecule has 0 heterocycles. The Balaban J connectivity index is 1.72. The second-order valence-corrected chi connectivity index (χ2v) is 6.83. The first kappa shape index (κ1) is 21.3. The first-order valence-electron chi connectivity index (χ1n) is 9.24. The Kier molecular flexibility index (Phi) is 7.03. The van der Waals surface area contributed by atoms with Crippen LogP contribution in [0.1, 0.15) is 15.9 Å². The molecule has 156 valence electrons. The number of carbonyl (C=O) groups excluding carboxylic acids is 1. The molecule has 0 unspecified atom stereocenters. The fraction of sp³-hybridized carbons (Fsp3) is 0.174. The van der Waals surface area contributed by atoms with Gasteiger partial charge in [-0.25, -0.2) is 0 Å². The van der Waals surface area contributed by atoms with Crippen LogP contribution in [-0.2, 0) is 6.54 Å². The lowest BCUT2D eigenvalue weighted by molar-refractivity contribution is 0.102. The summed E-state index contributed by atoms with van der Waals surface area (Å²) in [6, 6.07) is 18.0. The van der Waals surface area contributed by atoms with Gasteiger partial charge in [-0.05, 0) is 48.5 Å². The third kappa shape index (κ3) is 4.96. The maximum Gasteiger partial charge on any atom is 0.255 e. The molecular weight excluding hydrogens is 404 g/mol. The molecule has 7 heteroatoms. The van der Waals surface area contributed by atoms with Crippen LogP contribution in [0.3, 0.4) is 0 Å². The molecule has 0 radical (unpaired) electrons. The molecule has 6 nitrogen and oxygen atoms in total. The number of amides is 1. The normalized spacial score (nSPS) is 10.3. The van der Waals surface area contributed by atoms with Gasteiger partial charge in [-0.3, -0.25) is 4.79 Å². The van der Waals surface area contributed by atoms with Crippen molar-refractivity contribution in [1.82, 2.24) is 0 Å². The van der Waals surface area contributed by atoms with Crippen LogP contribution < -0.4 is 24.8 Å². The van der Waals surface area contributed by atoms with Crippen molar-refractivity contribution in [3.05, 3.63) is 76.8 Å². The number of hydrogen-bond acceptors (Lipinski definition) is 5. The standard InChI is InChI=1S/C23H23ClN2O4/c1-28-20-11-10-16(21(29-2)22(20)30-3)14-25-18-8-5-9-19(13-18)26-23(27)15-6-4-7-17(24)12-15/h4-13,25H,14H2,1-3H3,(H,26,27). The lowest BCUT2D eigenvalue weighted by atomic mass is 10.1. The summed E-state index contributed by atoms with van der Waals surface area (Å²) in [5.74, 6) is 1.52. The highest BCUT2D eigenvalue weighted by molar-refractivity contribution is 6.31. The minimum absolute atomic E-state index is 0.226. The summed E-state index contributed by atoms with van der Waals surface area (Å²) in [4.78, 5) is 12.4. The zero-order valence-corrected chi connectivity index (χ0v) is 17.7. The van der Waals surface area contributed by atoms with Crippen molar-refractivity contribution in [2.24, 2.45) is 0 Å². The molecule has 0 aromatic heterocycles. The third-order valence-electron chi connectivity index (χ3n) is 4.48. The van der Waals surface area contributed by atoms with Crippen molar-refractivity contribution < 1.29 is 19.0 Å². The van der Waals surface area contributed by atoms with E-state index in [-0.39, 0.29) is 5.91 Å². The first-order valence-corrected chi connectivity index (χ1v) is 9.62. The highest BCUT2D eigenvalue weighted by Crippen LogP contribution is 2.40. The molecule has 1 amide bonds. The summed E-state index contributed by atoms with van der Waals surface area (Å²) in [6.45, 7) is 0.495. The minimum atomic E-state index is -0.226. The summed E-state index contributed by atoms with van der Waals surface area (Å²) in [5.41, 5.74) is 2.92. The van der Waals surface area contributed by atoms with Gasteiger partial charge in [-0.2, -0.15) is 0 Å². The Morgan fingerprint density at radius 1 is 0.867 bits per heavy atom. The molecule has 0 bridgehead atoms. The molecule has 0 fully saturated rings. The van der Waals surface area contributed by atoms with E-state index in [9.17, 15) is 4.79 Å². The topological polar surface area (TPSA) is 68.8 Å². The summed E-state index contributed by atoms with van der Waals surface area (Å²) in [6.07, 6.45) is 0. The number of anilines is 2. The SMILES string of the molecule is COc1ccc(CNc2cccc(NC(=O)c3cccc(Cl)c3)c2)c(OC)c1OC. The fourth-order valence-electron chi connectivity index (χ4n) is 3.04. The van der Waals surface area contributed by atoms with Crippen molar-refractivity contribution in [1.29, 1.82) is 0 Å². The fourth-order valence-corrected chi connectivity index (χ4v) is 3.23. The van der Waals surface area contributed by atoms with E-state index in [2.05, 4.69) is 10.6 Å². The number of halogens is 1. The van der Waals surface area contributed by atoms with E-state index < -0.39 is 0 Å². The van der Waals surface area contributed by atoms with Crippen molar-refractivity contribution >= 4 is 28.9 Å². The molecule has 0 saturated carbocycles. The van der Waals surface area contributed by atoms with Crippen molar-refractivity contribution in [2.75, 3.05) is 32.0 Å². The summed E-state index contributed by atoms with van der Waals surface area (Å²) in [5, 5.41) is 6.73. The molecular formula is C23H23ClN2O4. The maximum absolute atomic E-state index is 12.4. The number of methoxy groups -OCH3 is 3. The van der Waals surface area contributed by atoms with Gasteiger partial charge in [0.25, 0.3) is 5.91 Å². The van der Waals surface area contributed by atoms with Gasteiger partial charge in [-0.15, -0.1) is 0 Å². The molecule has 0 aliphatic rings. The molecule has 0 aliphatic heterocycles. The highest BCUT2D eigenvalue weighted by Gasteiger charge is 2.15. The van der Waals surface area contributed by atoms with Gasteiger partial charge in [0.2, 0.25) is 5.75 Å². The van der Waals surface area contributed by atoms with Crippen molar-refractivity contribution in [3.63, 3.8) is 0 Å². The summed E-state index contributed by atoms with van der Waals surface area (Å²) < 4.78 is 16.3. The van der Waals surface area contributed by atoms with Gasteiger partial charge in [0.05, 0.1) is 21.3 Å². The predicted molar refractivity (Wildman–Crippen MR) is 119 cm³/mol. The summed E-state index contributed by atoms with van der Waals surface area (Å²) in [7, 11) is 4.74. The molecule has 3 aromatic carbocycles. The van der Waals surface area contributed by atoms with Crippen LogP contribution in [0.5, 0.6) is 17.2 Å². The van der Waals surface area contributed by atoms with E-state index in [0.29, 0.717) is 40.1 Å². The molecule has 0 aliphatic carbocycles. The smallest absolute Gasteiger partial charge is 0.255 e. The number of carbonyl (C=O) groups is 1. The van der Waals surface area contributed by atoms with Crippen LogP contribution in [0.15, 0.2) is 60.7 Å². The van der Waals surface area contributed by atoms with Crippen LogP contribution in [0.25, 0.3) is 0 Å². The number of nitrogens with one attached hydrogen (secondary N) is 2. The Morgan fingerprint density at radius 3 is 2.30 bits per heavy atom. The Morgan fingerprint density at radius 2 is 1.60 bits per heavy atom. The minimum Gasteiger partial charge on any atom is -0.493 e. The maximum atomic E-state index is 12.4. The quantitative estimate of drug-likeness (QED) is 0.516. The zero-order valence-electron chi connectivity index (χ0n) is 17.0. The van der Waals surface area contributed by atoms with Gasteiger partial charge in [0, 0.05) is 34.1 Å². The van der Waals surface area contributed by atoms with Crippen LogP contribution in [-0.4, -0.2) is 27.2 Å². The third-order valence-corrected chi connectivity index (χ3v) is 4.71. The number of benzene rings is 3. The summed E-state index contributed by atoms with van der Waals surface area (Å²) >= 11 is 5.96. The van der Waals surface area contributed by atoms with Crippen LogP contribution in [0.4, 0.5) is 11.4 Å². The number of hydrogen-bond donors (Lipinski definition) is 2. The highest BCUT2D eigenvalue weighted by atomic mass is 35.5. The lowest BCUT2D eigenvalue weighted by Crippen LogP contribution is -2.12. The Labute approximate surface area is 180 Å². The molecule has 30 heavy (non-hydrogen) atoms. The molecule has 3 aromatic rings. The van der Waals surface area contributed by atoms with Gasteiger partial charge >= 0.3 is 0 Å². The van der Waals surface area contributed by atoms with Crippen molar-refractivity contribution in [2.45, 2.75) is 6.54 Å². The molecule has 0 atom stereocenters. The largest absolute Gasteiger partial charge is 0.493 e. The average Bonchev–Trinajstić information content (AvgIpc) is 2.77. The van der Waals surface area contributed by atoms with Gasteiger partial charge in [0.15, 0.2) is 11.5 Å². The van der Waals surface area contributed by atoms with Crippen LogP contribution in [0, 0.1) is 0 Å². The number of rotatable bonds is 8. The van der Waals surface area contributed by atoms with Crippen molar-refractivity contribution in [3.8, 4) is 17.2 Å². The second-order valence-electron chi connectivity index (χ2n) is 6.39. The average molecular weight is 427 g/mol. The van der Waals surface area contributed by atoms with E-state index in [1.54, 1.807) is 45.6 Å². The molecule has 0 spiro atoms. The van der Waals surface area contributed by atoms with E-state index >= 15 is 0 Å². The predicted octanol–water partition coefficient (Wildman–Crippen LogP) is 5.23. The number of ether oxygens (including phenoxy) is 3. The van der Waals surface area contributed by atoms with Gasteiger partial charge < -0.3 is 24.8 Å². The van der Waals surface area contributed by atoms with Crippen LogP contribution in [0.2, 0.25) is 5.02 Å². The van der Waals surface area contributed by atoms with Crippen LogP contribution >= 0.6 is 11.6 Å². The lowest BCUT2D eigenvalue weighted by Gasteiger charge is -2.16. The van der Waals surface area contributed by atoms with E-state index in [4.69, 9.17) is 25.8 Å². The monoisotopic (exact) mass is 426 g/mol. The van der Waals surface area contributed by atoms with E-state index in [0.717, 1.165) is 11.3 Å². The van der Waals surface area contributed by atoms with E-state index in [1.807, 2.05) is 36.4 Å².